The second-order valence-electron chi connectivity index (χ2n) is 7.88. The Morgan fingerprint density at radius 3 is 2.72 bits per heavy atom. The normalized spacial score (nSPS) is 21.8. The Morgan fingerprint density at radius 2 is 2.04 bits per heavy atom. The minimum atomic E-state index is 0.413. The smallest absolute Gasteiger partial charge is 0.0302 e. The number of aliphatic imine (C=N–C) groups is 1. The molecule has 0 aromatic carbocycles. The first-order valence-corrected chi connectivity index (χ1v) is 9.61. The molecule has 0 atom stereocenters. The van der Waals surface area contributed by atoms with Gasteiger partial charge in [-0.15, -0.1) is 0 Å². The predicted molar refractivity (Wildman–Crippen MR) is 110 cm³/mol. The van der Waals surface area contributed by atoms with Gasteiger partial charge in [-0.2, -0.15) is 0 Å². The molecule has 0 aromatic heterocycles. The Morgan fingerprint density at radius 1 is 1.32 bits per heavy atom. The zero-order valence-electron chi connectivity index (χ0n) is 16.6. The van der Waals surface area contributed by atoms with Gasteiger partial charge in [-0.05, 0) is 82.3 Å². The second-order valence-corrected chi connectivity index (χ2v) is 7.88. The van der Waals surface area contributed by atoms with E-state index in [-0.39, 0.29) is 0 Å². The lowest BCUT2D eigenvalue weighted by Crippen LogP contribution is -2.43. The first kappa shape index (κ1) is 19.7. The summed E-state index contributed by atoms with van der Waals surface area (Å²) in [6.45, 7) is 15.9. The summed E-state index contributed by atoms with van der Waals surface area (Å²) in [5, 5.41) is 0. The van der Waals surface area contributed by atoms with Crippen molar-refractivity contribution >= 4 is 6.21 Å². The molecule has 2 heterocycles. The van der Waals surface area contributed by atoms with Gasteiger partial charge < -0.3 is 9.80 Å². The molecule has 0 radical (unpaired) electrons. The van der Waals surface area contributed by atoms with Crippen molar-refractivity contribution in [1.29, 1.82) is 0 Å². The molecule has 2 aliphatic rings. The maximum Gasteiger partial charge on any atom is 0.0302 e. The molecule has 25 heavy (non-hydrogen) atoms. The molecule has 1 fully saturated rings. The number of rotatable bonds is 7. The van der Waals surface area contributed by atoms with Crippen LogP contribution in [0.25, 0.3) is 0 Å². The van der Waals surface area contributed by atoms with Crippen molar-refractivity contribution in [3.63, 3.8) is 0 Å². The van der Waals surface area contributed by atoms with E-state index in [0.717, 1.165) is 25.9 Å². The molecule has 0 aliphatic carbocycles. The molecular weight excluding hydrogens is 306 g/mol. The second kappa shape index (κ2) is 9.19. The molecule has 138 valence electrons. The van der Waals surface area contributed by atoms with E-state index in [1.165, 1.54) is 42.8 Å². The number of piperidine rings is 1. The van der Waals surface area contributed by atoms with Crippen LogP contribution in [0.15, 0.2) is 52.8 Å². The van der Waals surface area contributed by atoms with Crippen LogP contribution >= 0.6 is 0 Å². The molecule has 0 spiro atoms. The van der Waals surface area contributed by atoms with E-state index in [2.05, 4.69) is 61.3 Å². The average molecular weight is 342 g/mol. The van der Waals surface area contributed by atoms with Crippen molar-refractivity contribution < 1.29 is 0 Å². The third-order valence-corrected chi connectivity index (χ3v) is 5.64. The highest BCUT2D eigenvalue weighted by molar-refractivity contribution is 5.72. The fourth-order valence-electron chi connectivity index (χ4n) is 3.56. The molecule has 0 amide bonds. The van der Waals surface area contributed by atoms with Crippen LogP contribution in [0.3, 0.4) is 0 Å². The molecule has 0 unspecified atom stereocenters. The SMILES string of the molecule is C=C(CCC1=CN=C/C=C\C=C1C)N(CC)CC1(C)CCN(C)CC1. The van der Waals surface area contributed by atoms with Gasteiger partial charge in [-0.3, -0.25) is 4.99 Å². The number of allylic oxidation sites excluding steroid dienone is 6. The quantitative estimate of drug-likeness (QED) is 0.662. The van der Waals surface area contributed by atoms with Crippen LogP contribution < -0.4 is 0 Å². The highest BCUT2D eigenvalue weighted by atomic mass is 15.2. The van der Waals surface area contributed by atoms with Gasteiger partial charge in [0.15, 0.2) is 0 Å². The Labute approximate surface area is 154 Å². The first-order chi connectivity index (χ1) is 11.9. The molecule has 2 aliphatic heterocycles. The zero-order chi connectivity index (χ0) is 18.3. The van der Waals surface area contributed by atoms with Crippen molar-refractivity contribution in [2.45, 2.75) is 46.5 Å². The van der Waals surface area contributed by atoms with Crippen LogP contribution in [-0.4, -0.2) is 49.2 Å². The van der Waals surface area contributed by atoms with Gasteiger partial charge in [0.2, 0.25) is 0 Å². The molecule has 0 bridgehead atoms. The van der Waals surface area contributed by atoms with Crippen LogP contribution in [0.2, 0.25) is 0 Å². The van der Waals surface area contributed by atoms with Crippen LogP contribution in [0.1, 0.15) is 46.5 Å². The van der Waals surface area contributed by atoms with Crippen molar-refractivity contribution in [3.05, 3.63) is 47.9 Å². The molecular formula is C22H35N3. The summed E-state index contributed by atoms with van der Waals surface area (Å²) in [6, 6.07) is 0. The minimum absolute atomic E-state index is 0.413. The fraction of sp³-hybridized carbons (Fsp3) is 0.591. The van der Waals surface area contributed by atoms with Crippen molar-refractivity contribution in [1.82, 2.24) is 9.80 Å². The summed E-state index contributed by atoms with van der Waals surface area (Å²) in [7, 11) is 2.23. The largest absolute Gasteiger partial charge is 0.375 e. The zero-order valence-corrected chi connectivity index (χ0v) is 16.6. The summed E-state index contributed by atoms with van der Waals surface area (Å²) in [5.74, 6) is 0. The Hall–Kier alpha value is -1.61. The summed E-state index contributed by atoms with van der Waals surface area (Å²) in [4.78, 5) is 9.29. The molecule has 0 saturated carbocycles. The van der Waals surface area contributed by atoms with Gasteiger partial charge >= 0.3 is 0 Å². The number of nitrogens with zero attached hydrogens (tertiary/aromatic N) is 3. The van der Waals surface area contributed by atoms with Crippen LogP contribution in [0, 0.1) is 5.41 Å². The fourth-order valence-corrected chi connectivity index (χ4v) is 3.56. The lowest BCUT2D eigenvalue weighted by molar-refractivity contribution is 0.101. The molecule has 3 heteroatoms. The van der Waals surface area contributed by atoms with Crippen LogP contribution in [-0.2, 0) is 0 Å². The highest BCUT2D eigenvalue weighted by Crippen LogP contribution is 2.33. The molecule has 3 nitrogen and oxygen atoms in total. The van der Waals surface area contributed by atoms with Crippen LogP contribution in [0.4, 0.5) is 0 Å². The maximum atomic E-state index is 4.41. The Bertz CT molecular complexity index is 572. The van der Waals surface area contributed by atoms with E-state index in [1.54, 1.807) is 0 Å². The highest BCUT2D eigenvalue weighted by Gasteiger charge is 2.30. The number of hydrogen-bond donors (Lipinski definition) is 0. The van der Waals surface area contributed by atoms with E-state index < -0.39 is 0 Å². The monoisotopic (exact) mass is 341 g/mol. The lowest BCUT2D eigenvalue weighted by Gasteiger charge is -2.42. The third-order valence-electron chi connectivity index (χ3n) is 5.64. The number of likely N-dealkylation sites (tertiary alicyclic amines) is 1. The standard InChI is InChI=1S/C22H35N3/c1-6-25(18-22(4)12-15-24(5)16-13-22)20(3)10-11-21-17-23-14-8-7-9-19(21)2/h7-9,14,17H,3,6,10-13,15-16,18H2,1-2,4-5H3/b8-7-,9-7?,14-8?,19-9?,21-17?,21-19?,23-14?,23-17?. The van der Waals surface area contributed by atoms with E-state index in [1.807, 2.05) is 18.5 Å². The predicted octanol–water partition coefficient (Wildman–Crippen LogP) is 4.80. The minimum Gasteiger partial charge on any atom is -0.375 e. The summed E-state index contributed by atoms with van der Waals surface area (Å²) >= 11 is 0. The molecule has 0 N–H and O–H groups in total. The van der Waals surface area contributed by atoms with E-state index >= 15 is 0 Å². The molecule has 0 aromatic rings. The van der Waals surface area contributed by atoms with Gasteiger partial charge in [0.1, 0.15) is 0 Å². The van der Waals surface area contributed by atoms with E-state index in [0.29, 0.717) is 5.41 Å². The molecule has 2 rings (SSSR count). The van der Waals surface area contributed by atoms with Gasteiger partial charge in [0, 0.05) is 31.2 Å². The number of hydrogen-bond acceptors (Lipinski definition) is 3. The van der Waals surface area contributed by atoms with E-state index in [9.17, 15) is 0 Å². The summed E-state index contributed by atoms with van der Waals surface area (Å²) in [5.41, 5.74) is 4.28. The average Bonchev–Trinajstić information content (AvgIpc) is 2.58. The van der Waals surface area contributed by atoms with Gasteiger partial charge in [0.05, 0.1) is 0 Å². The Balaban J connectivity index is 1.91. The molecule has 1 saturated heterocycles. The van der Waals surface area contributed by atoms with Crippen molar-refractivity contribution in [3.8, 4) is 0 Å². The first-order valence-electron chi connectivity index (χ1n) is 9.61. The Kier molecular flexibility index (Phi) is 7.24. The van der Waals surface area contributed by atoms with Crippen molar-refractivity contribution in [2.24, 2.45) is 10.4 Å². The topological polar surface area (TPSA) is 18.8 Å². The van der Waals surface area contributed by atoms with E-state index in [4.69, 9.17) is 0 Å². The third kappa shape index (κ3) is 6.00. The van der Waals surface area contributed by atoms with Gasteiger partial charge in [-0.1, -0.05) is 25.7 Å². The maximum absolute atomic E-state index is 4.41. The van der Waals surface area contributed by atoms with Crippen molar-refractivity contribution in [2.75, 3.05) is 33.2 Å². The summed E-state index contributed by atoms with van der Waals surface area (Å²) in [6.07, 6.45) is 14.6. The van der Waals surface area contributed by atoms with Gasteiger partial charge in [-0.25, -0.2) is 0 Å². The van der Waals surface area contributed by atoms with Gasteiger partial charge in [0.25, 0.3) is 0 Å². The summed E-state index contributed by atoms with van der Waals surface area (Å²) < 4.78 is 0. The lowest BCUT2D eigenvalue weighted by atomic mass is 9.80. The van der Waals surface area contributed by atoms with Crippen LogP contribution in [0.5, 0.6) is 0 Å².